The molecule has 0 saturated carbocycles. The molecule has 0 saturated heterocycles. The number of fused-ring (bicyclic) bond motifs is 1. The molecule has 6 nitrogen and oxygen atoms in total. The zero-order valence-electron chi connectivity index (χ0n) is 13.0. The van der Waals surface area contributed by atoms with Crippen LogP contribution in [0.3, 0.4) is 0 Å². The number of aryl methyl sites for hydroxylation is 1. The van der Waals surface area contributed by atoms with Crippen LogP contribution in [0.25, 0.3) is 0 Å². The van der Waals surface area contributed by atoms with E-state index >= 15 is 0 Å². The fourth-order valence-electron chi connectivity index (χ4n) is 2.91. The normalized spacial score (nSPS) is 16.7. The van der Waals surface area contributed by atoms with Crippen LogP contribution in [0.15, 0.2) is 23.0 Å². The predicted octanol–water partition coefficient (Wildman–Crippen LogP) is 1.80. The third kappa shape index (κ3) is 3.61. The molecule has 0 fully saturated rings. The second-order valence-corrected chi connectivity index (χ2v) is 6.48. The first-order chi connectivity index (χ1) is 11.1. The summed E-state index contributed by atoms with van der Waals surface area (Å²) in [4.78, 5) is 23.9. The van der Waals surface area contributed by atoms with Crippen molar-refractivity contribution in [2.45, 2.75) is 31.7 Å². The summed E-state index contributed by atoms with van der Waals surface area (Å²) in [5.41, 5.74) is 2.96. The molecule has 23 heavy (non-hydrogen) atoms. The summed E-state index contributed by atoms with van der Waals surface area (Å²) in [6.45, 7) is 0.340. The van der Waals surface area contributed by atoms with Gasteiger partial charge in [0, 0.05) is 42.2 Å². The van der Waals surface area contributed by atoms with E-state index in [-0.39, 0.29) is 24.3 Å². The molecule has 0 aromatic carbocycles. The maximum Gasteiger partial charge on any atom is 0.252 e. The first kappa shape index (κ1) is 15.7. The molecule has 1 aliphatic carbocycles. The van der Waals surface area contributed by atoms with E-state index in [1.807, 2.05) is 23.3 Å². The van der Waals surface area contributed by atoms with Gasteiger partial charge < -0.3 is 10.6 Å². The maximum atomic E-state index is 12.1. The largest absolute Gasteiger partial charge is 0.351 e. The minimum Gasteiger partial charge on any atom is -0.351 e. The molecule has 2 aromatic rings. The van der Waals surface area contributed by atoms with Crippen molar-refractivity contribution in [2.75, 3.05) is 6.54 Å². The molecule has 0 aliphatic heterocycles. The highest BCUT2D eigenvalue weighted by atomic mass is 32.1. The molecule has 3 rings (SSSR count). The van der Waals surface area contributed by atoms with Crippen molar-refractivity contribution in [3.63, 3.8) is 0 Å². The molecule has 1 aliphatic rings. The van der Waals surface area contributed by atoms with E-state index in [2.05, 4.69) is 15.7 Å². The summed E-state index contributed by atoms with van der Waals surface area (Å²) in [5, 5.41) is 13.8. The minimum atomic E-state index is -0.133. The summed E-state index contributed by atoms with van der Waals surface area (Å²) in [6, 6.07) is 1.80. The van der Waals surface area contributed by atoms with Gasteiger partial charge in [-0.2, -0.15) is 16.4 Å². The van der Waals surface area contributed by atoms with E-state index in [4.69, 9.17) is 0 Å². The van der Waals surface area contributed by atoms with Crippen LogP contribution in [0.4, 0.5) is 0 Å². The van der Waals surface area contributed by atoms with E-state index in [1.54, 1.807) is 11.4 Å². The van der Waals surface area contributed by atoms with E-state index in [1.165, 1.54) is 17.0 Å². The highest BCUT2D eigenvalue weighted by Crippen LogP contribution is 2.29. The Hall–Kier alpha value is -2.15. The molecule has 0 bridgehead atoms. The number of rotatable bonds is 5. The van der Waals surface area contributed by atoms with Gasteiger partial charge in [-0.15, -0.1) is 0 Å². The molecular weight excluding hydrogens is 312 g/mol. The number of carbonyl (C=O) groups is 2. The third-order valence-corrected chi connectivity index (χ3v) is 4.82. The van der Waals surface area contributed by atoms with Gasteiger partial charge in [0.1, 0.15) is 0 Å². The molecule has 0 spiro atoms. The molecule has 1 atom stereocenters. The lowest BCUT2D eigenvalue weighted by atomic mass is 9.93. The molecule has 2 aromatic heterocycles. The van der Waals surface area contributed by atoms with E-state index in [0.717, 1.165) is 24.8 Å². The van der Waals surface area contributed by atoms with Gasteiger partial charge in [-0.25, -0.2) is 0 Å². The van der Waals surface area contributed by atoms with Crippen LogP contribution < -0.4 is 10.6 Å². The van der Waals surface area contributed by atoms with Crippen LogP contribution in [-0.2, 0) is 18.3 Å². The van der Waals surface area contributed by atoms with Crippen molar-refractivity contribution >= 4 is 23.2 Å². The van der Waals surface area contributed by atoms with Crippen molar-refractivity contribution in [3.8, 4) is 0 Å². The quantitative estimate of drug-likeness (QED) is 0.876. The molecule has 1 unspecified atom stereocenters. The zero-order chi connectivity index (χ0) is 16.2. The van der Waals surface area contributed by atoms with Crippen LogP contribution in [0.1, 0.15) is 46.9 Å². The zero-order valence-corrected chi connectivity index (χ0v) is 13.9. The Bertz CT molecular complexity index is 693. The maximum absolute atomic E-state index is 12.1. The van der Waals surface area contributed by atoms with Gasteiger partial charge in [0.15, 0.2) is 0 Å². The lowest BCUT2D eigenvalue weighted by molar-refractivity contribution is -0.121. The topological polar surface area (TPSA) is 76.0 Å². The Balaban J connectivity index is 1.48. The molecule has 7 heteroatoms. The second-order valence-electron chi connectivity index (χ2n) is 5.70. The van der Waals surface area contributed by atoms with E-state index in [9.17, 15) is 9.59 Å². The van der Waals surface area contributed by atoms with Crippen molar-refractivity contribution in [1.82, 2.24) is 20.4 Å². The van der Waals surface area contributed by atoms with Crippen molar-refractivity contribution in [3.05, 3.63) is 39.8 Å². The summed E-state index contributed by atoms with van der Waals surface area (Å²) in [5.74, 6) is -0.177. The Labute approximate surface area is 138 Å². The molecule has 2 heterocycles. The summed E-state index contributed by atoms with van der Waals surface area (Å²) < 4.78 is 1.88. The standard InChI is InChI=1S/C16H20N4O2S/c1-20-14-4-2-3-13(12(14)9-18-20)19-15(21)5-7-17-16(22)11-6-8-23-10-11/h6,8-10,13H,2-5,7H2,1H3,(H,17,22)(H,19,21). The van der Waals surface area contributed by atoms with E-state index < -0.39 is 0 Å². The van der Waals surface area contributed by atoms with Gasteiger partial charge in [0.25, 0.3) is 5.91 Å². The summed E-state index contributed by atoms with van der Waals surface area (Å²) >= 11 is 1.48. The van der Waals surface area contributed by atoms with Crippen molar-refractivity contribution in [1.29, 1.82) is 0 Å². The number of hydrogen-bond acceptors (Lipinski definition) is 4. The Morgan fingerprint density at radius 1 is 1.48 bits per heavy atom. The van der Waals surface area contributed by atoms with Gasteiger partial charge >= 0.3 is 0 Å². The fraction of sp³-hybridized carbons (Fsp3) is 0.438. The van der Waals surface area contributed by atoms with Crippen LogP contribution in [0.5, 0.6) is 0 Å². The number of nitrogens with one attached hydrogen (secondary N) is 2. The average molecular weight is 332 g/mol. The minimum absolute atomic E-state index is 0.0347. The Kier molecular flexibility index (Phi) is 4.76. The smallest absolute Gasteiger partial charge is 0.252 e. The number of carbonyl (C=O) groups excluding carboxylic acids is 2. The highest BCUT2D eigenvalue weighted by molar-refractivity contribution is 7.08. The summed E-state index contributed by atoms with van der Waals surface area (Å²) in [6.07, 6.45) is 5.12. The molecule has 0 radical (unpaired) electrons. The first-order valence-corrected chi connectivity index (χ1v) is 8.70. The predicted molar refractivity (Wildman–Crippen MR) is 88.3 cm³/mol. The average Bonchev–Trinajstić information content (AvgIpc) is 3.18. The van der Waals surface area contributed by atoms with Crippen LogP contribution >= 0.6 is 11.3 Å². The fourth-order valence-corrected chi connectivity index (χ4v) is 3.54. The molecular formula is C16H20N4O2S. The van der Waals surface area contributed by atoms with Gasteiger partial charge in [-0.05, 0) is 30.7 Å². The molecule has 122 valence electrons. The number of aromatic nitrogens is 2. The Morgan fingerprint density at radius 3 is 3.13 bits per heavy atom. The van der Waals surface area contributed by atoms with Crippen LogP contribution in [-0.4, -0.2) is 28.1 Å². The van der Waals surface area contributed by atoms with Gasteiger partial charge in [-0.1, -0.05) is 0 Å². The monoisotopic (exact) mass is 332 g/mol. The first-order valence-electron chi connectivity index (χ1n) is 7.75. The molecule has 2 N–H and O–H groups in total. The molecule has 2 amide bonds. The lowest BCUT2D eigenvalue weighted by Crippen LogP contribution is -2.34. The lowest BCUT2D eigenvalue weighted by Gasteiger charge is -2.23. The Morgan fingerprint density at radius 2 is 2.35 bits per heavy atom. The third-order valence-electron chi connectivity index (χ3n) is 4.13. The van der Waals surface area contributed by atoms with Crippen molar-refractivity contribution < 1.29 is 9.59 Å². The van der Waals surface area contributed by atoms with Gasteiger partial charge in [-0.3, -0.25) is 14.3 Å². The number of thiophene rings is 1. The second kappa shape index (κ2) is 6.95. The number of nitrogens with zero attached hydrogens (tertiary/aromatic N) is 2. The van der Waals surface area contributed by atoms with Crippen molar-refractivity contribution in [2.24, 2.45) is 7.05 Å². The van der Waals surface area contributed by atoms with E-state index in [0.29, 0.717) is 12.1 Å². The SMILES string of the molecule is Cn1ncc2c1CCCC2NC(=O)CCNC(=O)c1ccsc1. The number of amides is 2. The van der Waals surface area contributed by atoms with Gasteiger partial charge in [0.2, 0.25) is 5.91 Å². The number of hydrogen-bond donors (Lipinski definition) is 2. The van der Waals surface area contributed by atoms with Crippen LogP contribution in [0, 0.1) is 0 Å². The van der Waals surface area contributed by atoms with Crippen LogP contribution in [0.2, 0.25) is 0 Å². The van der Waals surface area contributed by atoms with Gasteiger partial charge in [0.05, 0.1) is 12.2 Å². The summed E-state index contributed by atoms with van der Waals surface area (Å²) in [7, 11) is 1.93. The highest BCUT2D eigenvalue weighted by Gasteiger charge is 2.24.